The van der Waals surface area contributed by atoms with E-state index in [0.717, 1.165) is 16.7 Å². The summed E-state index contributed by atoms with van der Waals surface area (Å²) in [4.78, 5) is 24.6. The van der Waals surface area contributed by atoms with Crippen LogP contribution in [0.1, 0.15) is 39.0 Å². The van der Waals surface area contributed by atoms with Crippen molar-refractivity contribution in [2.45, 2.75) is 12.0 Å². The first-order chi connectivity index (χ1) is 18.4. The first kappa shape index (κ1) is 27.0. The van der Waals surface area contributed by atoms with E-state index in [1.807, 2.05) is 12.1 Å². The topological polar surface area (TPSA) is 133 Å². The summed E-state index contributed by atoms with van der Waals surface area (Å²) in [6, 6.07) is 13.3. The Kier molecular flexibility index (Phi) is 7.28. The summed E-state index contributed by atoms with van der Waals surface area (Å²) < 4.78 is 27.8. The van der Waals surface area contributed by atoms with Crippen LogP contribution >= 0.6 is 0 Å². The molecule has 2 heterocycles. The predicted octanol–water partition coefficient (Wildman–Crippen LogP) is 0.928. The smallest absolute Gasteiger partial charge is 0.502 e. The molecule has 1 fully saturated rings. The summed E-state index contributed by atoms with van der Waals surface area (Å²) >= 11 is 0. The Labute approximate surface area is 246 Å². The van der Waals surface area contributed by atoms with Gasteiger partial charge < -0.3 is 39.2 Å². The number of rotatable bonds is 6. The largest absolute Gasteiger partial charge is 1.00 e. The average molecular weight is 542 g/mol. The number of carbonyl (C=O) groups excluding carboxylic acids is 1. The second-order valence-corrected chi connectivity index (χ2v) is 9.41. The molecular formula is C28H25NNaO9+. The second kappa shape index (κ2) is 10.5. The molecule has 39 heavy (non-hydrogen) atoms. The minimum absolute atomic E-state index is 0. The van der Waals surface area contributed by atoms with E-state index in [9.17, 15) is 19.8 Å². The first-order valence-corrected chi connectivity index (χ1v) is 12.0. The average Bonchev–Trinajstić information content (AvgIpc) is 3.54. The molecule has 3 aliphatic rings. The van der Waals surface area contributed by atoms with E-state index in [1.54, 1.807) is 24.3 Å². The van der Waals surface area contributed by atoms with Crippen LogP contribution < -0.4 is 53.8 Å². The zero-order chi connectivity index (χ0) is 26.6. The number of aromatic carboxylic acids is 1. The third-order valence-corrected chi connectivity index (χ3v) is 7.50. The Morgan fingerprint density at radius 2 is 1.56 bits per heavy atom. The Hall–Kier alpha value is -3.60. The number of methoxy groups -OCH3 is 2. The summed E-state index contributed by atoms with van der Waals surface area (Å²) in [6.45, 7) is 0.290. The number of fused-ring (bicyclic) bond motifs is 3. The Balaban J connectivity index is 0.00000308. The quantitative estimate of drug-likeness (QED) is 0.305. The molecule has 4 atom stereocenters. The van der Waals surface area contributed by atoms with Crippen molar-refractivity contribution in [2.75, 3.05) is 32.9 Å². The number of carboxylic acids is 1. The van der Waals surface area contributed by atoms with Crippen LogP contribution in [0.15, 0.2) is 48.5 Å². The molecular weight excluding hydrogens is 517 g/mol. The van der Waals surface area contributed by atoms with E-state index < -0.39 is 17.8 Å². The number of anilines is 1. The predicted molar refractivity (Wildman–Crippen MR) is 133 cm³/mol. The molecule has 3 aromatic carbocycles. The fraction of sp³-hybridized carbons (Fsp3) is 0.286. The third-order valence-electron chi connectivity index (χ3n) is 7.50. The van der Waals surface area contributed by atoms with Crippen molar-refractivity contribution in [1.29, 1.82) is 0 Å². The molecule has 0 bridgehead atoms. The minimum Gasteiger partial charge on any atom is -0.502 e. The molecule has 0 spiro atoms. The molecule has 11 heteroatoms. The third kappa shape index (κ3) is 4.52. The summed E-state index contributed by atoms with van der Waals surface area (Å²) in [7, 11) is 2.90. The Bertz CT molecular complexity index is 1420. The second-order valence-electron chi connectivity index (χ2n) is 9.41. The maximum absolute atomic E-state index is 13.2. The number of aromatic hydroxyl groups is 1. The molecule has 3 N–H and O–H groups in total. The van der Waals surface area contributed by atoms with Gasteiger partial charge in [-0.1, -0.05) is 0 Å². The molecule has 0 radical (unpaired) electrons. The maximum atomic E-state index is 13.2. The van der Waals surface area contributed by atoms with E-state index in [1.165, 1.54) is 26.4 Å². The molecule has 0 amide bonds. The molecule has 0 aromatic heterocycles. The van der Waals surface area contributed by atoms with Gasteiger partial charge >= 0.3 is 41.5 Å². The zero-order valence-corrected chi connectivity index (χ0v) is 23.6. The van der Waals surface area contributed by atoms with E-state index >= 15 is 0 Å². The molecule has 3 aromatic rings. The van der Waals surface area contributed by atoms with Crippen LogP contribution in [-0.2, 0) is 9.53 Å². The van der Waals surface area contributed by atoms with E-state index in [4.69, 9.17) is 23.7 Å². The number of nitrogens with one attached hydrogen (secondary N) is 1. The maximum Gasteiger partial charge on any atom is 1.00 e. The van der Waals surface area contributed by atoms with Crippen molar-refractivity contribution < 1.29 is 73.0 Å². The van der Waals surface area contributed by atoms with Crippen molar-refractivity contribution in [3.05, 3.63) is 70.8 Å². The Morgan fingerprint density at radius 1 is 0.949 bits per heavy atom. The van der Waals surface area contributed by atoms with Gasteiger partial charge in [-0.25, -0.2) is 4.79 Å². The number of cyclic esters (lactones) is 1. The van der Waals surface area contributed by atoms with Gasteiger partial charge in [-0.15, -0.1) is 0 Å². The van der Waals surface area contributed by atoms with Crippen LogP contribution in [0, 0.1) is 11.8 Å². The molecule has 0 saturated carbocycles. The number of benzene rings is 3. The molecule has 2 aliphatic heterocycles. The van der Waals surface area contributed by atoms with Gasteiger partial charge in [0.1, 0.15) is 0 Å². The molecule has 10 nitrogen and oxygen atoms in total. The molecule has 2 unspecified atom stereocenters. The standard InChI is InChI=1S/C28H25NO9.Na/c1-34-21-7-14(8-22(35-2)26(21)30)23-16-9-19-20(38-12-37-19)10-17(16)25(18-11-36-28(33)24(18)23)29-15-5-3-13(4-6-15)27(31)32;/h3-10,18,23-25,29-30H,11-12H2,1-2H3,(H,31,32);/q;+1/t18?,23?,24-,25+;/m0./s1. The van der Waals surface area contributed by atoms with Crippen molar-refractivity contribution in [1.82, 2.24) is 0 Å². The number of esters is 1. The Morgan fingerprint density at radius 3 is 2.15 bits per heavy atom. The summed E-state index contributed by atoms with van der Waals surface area (Å²) in [5, 5.41) is 23.3. The van der Waals surface area contributed by atoms with Crippen molar-refractivity contribution >= 4 is 17.6 Å². The van der Waals surface area contributed by atoms with Crippen LogP contribution in [0.25, 0.3) is 0 Å². The number of phenolic OH excluding ortho intramolecular Hbond substituents is 1. The molecule has 1 aliphatic carbocycles. The van der Waals surface area contributed by atoms with E-state index in [-0.39, 0.29) is 83.7 Å². The number of hydrogen-bond donors (Lipinski definition) is 3. The molecule has 1 saturated heterocycles. The van der Waals surface area contributed by atoms with E-state index in [2.05, 4.69) is 5.32 Å². The van der Waals surface area contributed by atoms with Crippen LogP contribution in [-0.4, -0.2) is 49.8 Å². The SMILES string of the molecule is COc1cc(C2c3cc4c(cc3[C@@H](Nc3ccc(C(=O)O)cc3)C3COC(=O)[C@H]23)OCO4)cc(OC)c1O.[Na+]. The summed E-state index contributed by atoms with van der Waals surface area (Å²) in [5.74, 6) is -1.12. The van der Waals surface area contributed by atoms with Gasteiger partial charge in [0.15, 0.2) is 23.0 Å². The summed E-state index contributed by atoms with van der Waals surface area (Å²) in [6.07, 6.45) is 0. The normalized spacial score (nSPS) is 22.2. The minimum atomic E-state index is -1.01. The first-order valence-electron chi connectivity index (χ1n) is 12.0. The number of carbonyl (C=O) groups is 2. The number of hydrogen-bond acceptors (Lipinski definition) is 9. The van der Waals surface area contributed by atoms with Crippen molar-refractivity contribution in [3.8, 4) is 28.7 Å². The fourth-order valence-corrected chi connectivity index (χ4v) is 5.73. The number of carboxylic acid groups (broad SMARTS) is 1. The van der Waals surface area contributed by atoms with Gasteiger partial charge in [0, 0.05) is 17.5 Å². The monoisotopic (exact) mass is 542 g/mol. The van der Waals surface area contributed by atoms with Gasteiger partial charge in [0.2, 0.25) is 12.5 Å². The molecule has 196 valence electrons. The van der Waals surface area contributed by atoms with Crippen LogP contribution in [0.3, 0.4) is 0 Å². The van der Waals surface area contributed by atoms with Gasteiger partial charge in [-0.2, -0.15) is 0 Å². The number of phenols is 1. The van der Waals surface area contributed by atoms with E-state index in [0.29, 0.717) is 17.2 Å². The van der Waals surface area contributed by atoms with Crippen LogP contribution in [0.2, 0.25) is 0 Å². The van der Waals surface area contributed by atoms with Crippen LogP contribution in [0.4, 0.5) is 5.69 Å². The van der Waals surface area contributed by atoms with Crippen molar-refractivity contribution in [3.63, 3.8) is 0 Å². The van der Waals surface area contributed by atoms with Gasteiger partial charge in [-0.05, 0) is 65.2 Å². The zero-order valence-electron chi connectivity index (χ0n) is 21.6. The summed E-state index contributed by atoms with van der Waals surface area (Å²) in [5.41, 5.74) is 3.33. The van der Waals surface area contributed by atoms with Gasteiger partial charge in [0.25, 0.3) is 0 Å². The van der Waals surface area contributed by atoms with Crippen molar-refractivity contribution in [2.24, 2.45) is 11.8 Å². The van der Waals surface area contributed by atoms with Crippen LogP contribution in [0.5, 0.6) is 28.7 Å². The fourth-order valence-electron chi connectivity index (χ4n) is 5.73. The number of ether oxygens (including phenoxy) is 5. The van der Waals surface area contributed by atoms with Gasteiger partial charge in [0.05, 0.1) is 38.3 Å². The van der Waals surface area contributed by atoms with Gasteiger partial charge in [-0.3, -0.25) is 4.79 Å². The molecule has 6 rings (SSSR count).